The fourth-order valence-electron chi connectivity index (χ4n) is 1.40. The molecule has 6 heteroatoms. The van der Waals surface area contributed by atoms with Gasteiger partial charge in [-0.1, -0.05) is 13.8 Å². The van der Waals surface area contributed by atoms with Crippen molar-refractivity contribution in [1.29, 1.82) is 0 Å². The highest BCUT2D eigenvalue weighted by atomic mass is 35.5. The Morgan fingerprint density at radius 1 is 1.41 bits per heavy atom. The second-order valence-electron chi connectivity index (χ2n) is 4.83. The first-order valence-electron chi connectivity index (χ1n) is 5.50. The summed E-state index contributed by atoms with van der Waals surface area (Å²) in [6.45, 7) is 6.72. The van der Waals surface area contributed by atoms with E-state index < -0.39 is 0 Å². The van der Waals surface area contributed by atoms with Gasteiger partial charge in [-0.05, 0) is 30.4 Å². The first kappa shape index (κ1) is 14.0. The molecule has 0 fully saturated rings. The molecular formula is C11H19ClN4O. The summed E-state index contributed by atoms with van der Waals surface area (Å²) in [6, 6.07) is 0. The van der Waals surface area contributed by atoms with Gasteiger partial charge in [0.05, 0.1) is 11.4 Å². The van der Waals surface area contributed by atoms with E-state index in [1.165, 1.54) is 0 Å². The Morgan fingerprint density at radius 3 is 2.65 bits per heavy atom. The Kier molecular flexibility index (Phi) is 4.54. The molecule has 0 aromatic carbocycles. The van der Waals surface area contributed by atoms with Crippen LogP contribution in [0.4, 0.5) is 11.5 Å². The fourth-order valence-corrected chi connectivity index (χ4v) is 1.61. The maximum atomic E-state index is 8.94. The molecule has 0 aliphatic carbocycles. The Hall–Kier alpha value is -1.07. The van der Waals surface area contributed by atoms with Crippen LogP contribution in [-0.2, 0) is 0 Å². The van der Waals surface area contributed by atoms with Crippen molar-refractivity contribution in [3.63, 3.8) is 0 Å². The zero-order chi connectivity index (χ0) is 13.1. The fraction of sp³-hybridized carbons (Fsp3) is 0.636. The van der Waals surface area contributed by atoms with Crippen LogP contribution in [0.3, 0.4) is 0 Å². The summed E-state index contributed by atoms with van der Waals surface area (Å²) in [7, 11) is 0. The van der Waals surface area contributed by atoms with Crippen molar-refractivity contribution in [2.24, 2.45) is 5.41 Å². The van der Waals surface area contributed by atoms with Gasteiger partial charge < -0.3 is 16.2 Å². The minimum Gasteiger partial charge on any atom is -0.396 e. The van der Waals surface area contributed by atoms with E-state index in [0.717, 1.165) is 0 Å². The maximum absolute atomic E-state index is 8.94. The zero-order valence-electron chi connectivity index (χ0n) is 10.4. The number of nitrogens with zero attached hydrogens (tertiary/aromatic N) is 2. The molecule has 1 rings (SSSR count). The Balaban J connectivity index is 2.76. The number of anilines is 2. The van der Waals surface area contributed by atoms with Crippen molar-refractivity contribution in [3.8, 4) is 0 Å². The molecule has 0 aliphatic rings. The first-order valence-corrected chi connectivity index (χ1v) is 5.88. The molecular weight excluding hydrogens is 240 g/mol. The van der Waals surface area contributed by atoms with E-state index >= 15 is 0 Å². The van der Waals surface area contributed by atoms with E-state index in [0.29, 0.717) is 30.2 Å². The number of aryl methyl sites for hydroxylation is 1. The van der Waals surface area contributed by atoms with Crippen LogP contribution in [-0.4, -0.2) is 28.2 Å². The predicted octanol–water partition coefficient (Wildman–Crippen LogP) is 1.84. The average molecular weight is 259 g/mol. The summed E-state index contributed by atoms with van der Waals surface area (Å²) >= 11 is 5.78. The topological polar surface area (TPSA) is 84.1 Å². The van der Waals surface area contributed by atoms with Crippen molar-refractivity contribution in [3.05, 3.63) is 11.0 Å². The Bertz CT molecular complexity index is 395. The highest BCUT2D eigenvalue weighted by Crippen LogP contribution is 2.24. The maximum Gasteiger partial charge on any atom is 0.224 e. The normalized spacial score (nSPS) is 11.6. The molecule has 0 unspecified atom stereocenters. The summed E-state index contributed by atoms with van der Waals surface area (Å²) in [5.41, 5.74) is 6.99. The quantitative estimate of drug-likeness (QED) is 0.702. The van der Waals surface area contributed by atoms with Gasteiger partial charge in [0.1, 0.15) is 0 Å². The number of nitrogens with two attached hydrogens (primary N) is 1. The zero-order valence-corrected chi connectivity index (χ0v) is 11.2. The van der Waals surface area contributed by atoms with Crippen molar-refractivity contribution in [1.82, 2.24) is 9.97 Å². The minimum atomic E-state index is -0.0352. The molecule has 0 bridgehead atoms. The molecule has 17 heavy (non-hydrogen) atoms. The molecule has 4 N–H and O–H groups in total. The van der Waals surface area contributed by atoms with Gasteiger partial charge >= 0.3 is 0 Å². The molecule has 0 radical (unpaired) electrons. The van der Waals surface area contributed by atoms with E-state index in [9.17, 15) is 0 Å². The highest BCUT2D eigenvalue weighted by Gasteiger charge is 2.18. The number of aliphatic hydroxyl groups excluding tert-OH is 1. The monoisotopic (exact) mass is 258 g/mol. The largest absolute Gasteiger partial charge is 0.396 e. The summed E-state index contributed by atoms with van der Waals surface area (Å²) in [4.78, 5) is 8.02. The lowest BCUT2D eigenvalue weighted by atomic mass is 9.90. The second kappa shape index (κ2) is 5.51. The van der Waals surface area contributed by atoms with Crippen LogP contribution in [0.1, 0.15) is 26.0 Å². The molecule has 1 heterocycles. The summed E-state index contributed by atoms with van der Waals surface area (Å²) in [6.07, 6.45) is 0.706. The van der Waals surface area contributed by atoms with Crippen LogP contribution < -0.4 is 11.1 Å². The van der Waals surface area contributed by atoms with Crippen LogP contribution >= 0.6 is 11.6 Å². The number of aromatic nitrogens is 2. The number of hydrogen-bond donors (Lipinski definition) is 3. The van der Waals surface area contributed by atoms with Crippen LogP contribution in [0.15, 0.2) is 0 Å². The van der Waals surface area contributed by atoms with Gasteiger partial charge in [0, 0.05) is 13.2 Å². The van der Waals surface area contributed by atoms with Crippen LogP contribution in [0.25, 0.3) is 0 Å². The van der Waals surface area contributed by atoms with Crippen molar-refractivity contribution >= 4 is 23.1 Å². The summed E-state index contributed by atoms with van der Waals surface area (Å²) in [5.74, 6) is 0.550. The van der Waals surface area contributed by atoms with Gasteiger partial charge in [-0.3, -0.25) is 0 Å². The van der Waals surface area contributed by atoms with E-state index in [4.69, 9.17) is 22.4 Å². The lowest BCUT2D eigenvalue weighted by Gasteiger charge is -2.24. The summed E-state index contributed by atoms with van der Waals surface area (Å²) < 4.78 is 0. The Labute approximate surface area is 106 Å². The number of halogens is 1. The second-order valence-corrected chi connectivity index (χ2v) is 5.17. The first-order chi connectivity index (χ1) is 7.85. The van der Waals surface area contributed by atoms with Gasteiger partial charge in [0.15, 0.2) is 5.82 Å². The van der Waals surface area contributed by atoms with Crippen LogP contribution in [0.5, 0.6) is 0 Å². The van der Waals surface area contributed by atoms with Crippen molar-refractivity contribution in [2.45, 2.75) is 27.2 Å². The number of rotatable bonds is 5. The van der Waals surface area contributed by atoms with E-state index in [-0.39, 0.29) is 17.3 Å². The molecule has 5 nitrogen and oxygen atoms in total. The van der Waals surface area contributed by atoms with Crippen molar-refractivity contribution < 1.29 is 5.11 Å². The number of nitrogen functional groups attached to an aromatic ring is 1. The van der Waals surface area contributed by atoms with Crippen LogP contribution in [0, 0.1) is 12.3 Å². The third-order valence-corrected chi connectivity index (χ3v) is 2.80. The minimum absolute atomic E-state index is 0.0352. The number of aliphatic hydroxyl groups is 1. The molecule has 0 saturated carbocycles. The lowest BCUT2D eigenvalue weighted by molar-refractivity contribution is 0.220. The van der Waals surface area contributed by atoms with Crippen molar-refractivity contribution in [2.75, 3.05) is 24.2 Å². The molecule has 0 amide bonds. The van der Waals surface area contributed by atoms with Gasteiger partial charge in [0.25, 0.3) is 0 Å². The van der Waals surface area contributed by atoms with E-state index in [1.54, 1.807) is 6.92 Å². The van der Waals surface area contributed by atoms with Crippen LogP contribution in [0.2, 0.25) is 5.28 Å². The third kappa shape index (κ3) is 4.02. The summed E-state index contributed by atoms with van der Waals surface area (Å²) in [5, 5.41) is 12.3. The molecule has 0 saturated heterocycles. The SMILES string of the molecule is Cc1nc(Cl)nc(NCC(C)(C)CCO)c1N. The van der Waals surface area contributed by atoms with Gasteiger partial charge in [-0.25, -0.2) is 4.98 Å². The standard InChI is InChI=1S/C11H19ClN4O/c1-7-8(13)9(16-10(12)15-7)14-6-11(2,3)4-5-17/h17H,4-6,13H2,1-3H3,(H,14,15,16). The average Bonchev–Trinajstić information content (AvgIpc) is 2.21. The Morgan fingerprint density at radius 2 is 2.06 bits per heavy atom. The van der Waals surface area contributed by atoms with Gasteiger partial charge in [-0.2, -0.15) is 4.98 Å². The molecule has 0 atom stereocenters. The molecule has 0 spiro atoms. The predicted molar refractivity (Wildman–Crippen MR) is 70.2 cm³/mol. The molecule has 96 valence electrons. The van der Waals surface area contributed by atoms with E-state index in [1.807, 2.05) is 0 Å². The van der Waals surface area contributed by atoms with E-state index in [2.05, 4.69) is 29.1 Å². The van der Waals surface area contributed by atoms with Gasteiger partial charge in [-0.15, -0.1) is 0 Å². The molecule has 0 aliphatic heterocycles. The number of nitrogens with one attached hydrogen (secondary N) is 1. The van der Waals surface area contributed by atoms with Gasteiger partial charge in [0.2, 0.25) is 5.28 Å². The molecule has 1 aromatic heterocycles. The number of hydrogen-bond acceptors (Lipinski definition) is 5. The lowest BCUT2D eigenvalue weighted by Crippen LogP contribution is -2.25. The smallest absolute Gasteiger partial charge is 0.224 e. The third-order valence-electron chi connectivity index (χ3n) is 2.63. The molecule has 1 aromatic rings. The highest BCUT2D eigenvalue weighted by molar-refractivity contribution is 6.28.